The number of methoxy groups -OCH3 is 1. The molecule has 1 unspecified atom stereocenters. The van der Waals surface area contributed by atoms with Gasteiger partial charge in [0.1, 0.15) is 0 Å². The Kier molecular flexibility index (Phi) is 15.9. The van der Waals surface area contributed by atoms with Gasteiger partial charge in [-0.2, -0.15) is 0 Å². The maximum absolute atomic E-state index is 10.8. The van der Waals surface area contributed by atoms with Crippen LogP contribution in [0.4, 0.5) is 0 Å². The Morgan fingerprint density at radius 2 is 1.41 bits per heavy atom. The van der Waals surface area contributed by atoms with Crippen molar-refractivity contribution >= 4 is 5.97 Å². The third kappa shape index (κ3) is 14.1. The minimum Gasteiger partial charge on any atom is -0.479 e. The van der Waals surface area contributed by atoms with E-state index in [4.69, 9.17) is 9.84 Å². The summed E-state index contributed by atoms with van der Waals surface area (Å²) in [4.78, 5) is 10.8. The summed E-state index contributed by atoms with van der Waals surface area (Å²) in [5, 5.41) is 8.83. The van der Waals surface area contributed by atoms with Crippen LogP contribution in [0.25, 0.3) is 0 Å². The van der Waals surface area contributed by atoms with Gasteiger partial charge in [-0.05, 0) is 32.1 Å². The predicted molar refractivity (Wildman–Crippen MR) is 93.3 cm³/mol. The van der Waals surface area contributed by atoms with E-state index in [1.165, 1.54) is 64.9 Å². The first kappa shape index (κ1) is 21.2. The number of carboxylic acids is 1. The van der Waals surface area contributed by atoms with Gasteiger partial charge in [0.2, 0.25) is 0 Å². The third-order valence-corrected chi connectivity index (χ3v) is 4.04. The third-order valence-electron chi connectivity index (χ3n) is 4.04. The largest absolute Gasteiger partial charge is 0.479 e. The maximum atomic E-state index is 10.8. The minimum atomic E-state index is -0.860. The number of ether oxygens (including phenoxy) is 1. The molecule has 0 saturated carbocycles. The molecule has 0 radical (unpaired) electrons. The van der Waals surface area contributed by atoms with Gasteiger partial charge < -0.3 is 9.84 Å². The Morgan fingerprint density at radius 3 is 1.91 bits per heavy atom. The van der Waals surface area contributed by atoms with Crippen LogP contribution in [-0.2, 0) is 9.53 Å². The van der Waals surface area contributed by atoms with Gasteiger partial charge in [-0.1, -0.05) is 70.4 Å². The number of hydrogen-bond acceptors (Lipinski definition) is 2. The highest BCUT2D eigenvalue weighted by atomic mass is 16.5. The fourth-order valence-electron chi connectivity index (χ4n) is 2.57. The molecule has 0 aliphatic carbocycles. The maximum Gasteiger partial charge on any atom is 0.332 e. The molecule has 0 amide bonds. The SMILES string of the molecule is CCCCCCCCCCCC=CCCCC(OC)C(=O)O. The summed E-state index contributed by atoms with van der Waals surface area (Å²) < 4.78 is 4.90. The molecule has 1 atom stereocenters. The van der Waals surface area contributed by atoms with Gasteiger partial charge in [-0.15, -0.1) is 0 Å². The van der Waals surface area contributed by atoms with Gasteiger partial charge in [0.15, 0.2) is 6.10 Å². The van der Waals surface area contributed by atoms with E-state index in [0.717, 1.165) is 19.3 Å². The number of unbranched alkanes of at least 4 members (excludes halogenated alkanes) is 10. The summed E-state index contributed by atoms with van der Waals surface area (Å²) in [6, 6.07) is 0. The Hall–Kier alpha value is -0.830. The van der Waals surface area contributed by atoms with Crippen LogP contribution in [0.15, 0.2) is 12.2 Å². The van der Waals surface area contributed by atoms with Gasteiger partial charge in [0.25, 0.3) is 0 Å². The Balaban J connectivity index is 3.26. The van der Waals surface area contributed by atoms with E-state index in [1.54, 1.807) is 0 Å². The fourth-order valence-corrected chi connectivity index (χ4v) is 2.57. The summed E-state index contributed by atoms with van der Waals surface area (Å²) >= 11 is 0. The summed E-state index contributed by atoms with van der Waals surface area (Å²) in [5.74, 6) is -0.860. The van der Waals surface area contributed by atoms with Crippen molar-refractivity contribution in [2.75, 3.05) is 7.11 Å². The number of aliphatic carboxylic acids is 1. The minimum absolute atomic E-state index is 0.591. The second-order valence-electron chi connectivity index (χ2n) is 6.08. The molecule has 1 N–H and O–H groups in total. The molecule has 0 saturated heterocycles. The molecule has 0 fully saturated rings. The lowest BCUT2D eigenvalue weighted by Gasteiger charge is -2.08. The predicted octanol–water partition coefficient (Wildman–Crippen LogP) is 5.73. The van der Waals surface area contributed by atoms with E-state index >= 15 is 0 Å². The fraction of sp³-hybridized carbons (Fsp3) is 0.842. The molecule has 0 spiro atoms. The van der Waals surface area contributed by atoms with Crippen molar-refractivity contribution in [2.24, 2.45) is 0 Å². The number of carboxylic acid groups (broad SMARTS) is 1. The van der Waals surface area contributed by atoms with Crippen molar-refractivity contribution in [1.29, 1.82) is 0 Å². The van der Waals surface area contributed by atoms with E-state index in [0.29, 0.717) is 6.42 Å². The van der Waals surface area contributed by atoms with Gasteiger partial charge in [-0.3, -0.25) is 0 Å². The molecule has 0 aromatic rings. The molecule has 0 bridgehead atoms. The zero-order chi connectivity index (χ0) is 16.5. The lowest BCUT2D eigenvalue weighted by molar-refractivity contribution is -0.148. The zero-order valence-electron chi connectivity index (χ0n) is 14.7. The molecule has 0 aromatic heterocycles. The normalized spacial score (nSPS) is 12.8. The quantitative estimate of drug-likeness (QED) is 0.292. The Bertz CT molecular complexity index is 274. The Morgan fingerprint density at radius 1 is 0.909 bits per heavy atom. The second kappa shape index (κ2) is 16.5. The van der Waals surface area contributed by atoms with E-state index < -0.39 is 12.1 Å². The van der Waals surface area contributed by atoms with E-state index in [9.17, 15) is 4.79 Å². The van der Waals surface area contributed by atoms with Gasteiger partial charge in [-0.25, -0.2) is 4.79 Å². The summed E-state index contributed by atoms with van der Waals surface area (Å²) in [6.45, 7) is 2.26. The molecule has 0 aliphatic rings. The molecule has 0 aliphatic heterocycles. The van der Waals surface area contributed by atoms with Crippen LogP contribution >= 0.6 is 0 Å². The van der Waals surface area contributed by atoms with Crippen LogP contribution in [0.3, 0.4) is 0 Å². The van der Waals surface area contributed by atoms with Crippen LogP contribution < -0.4 is 0 Å². The highest BCUT2D eigenvalue weighted by Crippen LogP contribution is 2.11. The molecule has 0 rings (SSSR count). The first-order chi connectivity index (χ1) is 10.7. The molecular formula is C19H36O3. The van der Waals surface area contributed by atoms with Gasteiger partial charge in [0, 0.05) is 7.11 Å². The van der Waals surface area contributed by atoms with Crippen molar-refractivity contribution in [3.8, 4) is 0 Å². The van der Waals surface area contributed by atoms with Crippen molar-refractivity contribution in [1.82, 2.24) is 0 Å². The first-order valence-corrected chi connectivity index (χ1v) is 9.13. The van der Waals surface area contributed by atoms with Crippen LogP contribution in [0, 0.1) is 0 Å². The molecule has 0 heterocycles. The average Bonchev–Trinajstić information content (AvgIpc) is 2.51. The van der Waals surface area contributed by atoms with Gasteiger partial charge in [0.05, 0.1) is 0 Å². The number of carbonyl (C=O) groups is 1. The average molecular weight is 312 g/mol. The van der Waals surface area contributed by atoms with Crippen molar-refractivity contribution in [3.63, 3.8) is 0 Å². The van der Waals surface area contributed by atoms with E-state index in [-0.39, 0.29) is 0 Å². The summed E-state index contributed by atoms with van der Waals surface area (Å²) in [5.41, 5.74) is 0. The van der Waals surface area contributed by atoms with Crippen LogP contribution in [-0.4, -0.2) is 24.3 Å². The molecule has 3 nitrogen and oxygen atoms in total. The highest BCUT2D eigenvalue weighted by molar-refractivity contribution is 5.72. The van der Waals surface area contributed by atoms with E-state index in [2.05, 4.69) is 19.1 Å². The lowest BCUT2D eigenvalue weighted by atomic mass is 10.1. The smallest absolute Gasteiger partial charge is 0.332 e. The zero-order valence-corrected chi connectivity index (χ0v) is 14.7. The second-order valence-corrected chi connectivity index (χ2v) is 6.08. The number of rotatable bonds is 16. The molecule has 3 heteroatoms. The standard InChI is InChI=1S/C19H36O3/c1-3-4-5-6-7-8-9-10-11-12-13-14-15-16-17-18(22-2)19(20)21/h13-14,18H,3-12,15-17H2,1-2H3,(H,20,21). The lowest BCUT2D eigenvalue weighted by Crippen LogP contribution is -2.21. The molecule has 130 valence electrons. The first-order valence-electron chi connectivity index (χ1n) is 9.13. The molecular weight excluding hydrogens is 276 g/mol. The van der Waals surface area contributed by atoms with Gasteiger partial charge >= 0.3 is 5.97 Å². The highest BCUT2D eigenvalue weighted by Gasteiger charge is 2.14. The summed E-state index contributed by atoms with van der Waals surface area (Å²) in [7, 11) is 1.46. The van der Waals surface area contributed by atoms with Crippen molar-refractivity contribution in [3.05, 3.63) is 12.2 Å². The van der Waals surface area contributed by atoms with E-state index in [1.807, 2.05) is 0 Å². The van der Waals surface area contributed by atoms with Crippen molar-refractivity contribution < 1.29 is 14.6 Å². The van der Waals surface area contributed by atoms with Crippen LogP contribution in [0.5, 0.6) is 0 Å². The monoisotopic (exact) mass is 312 g/mol. The molecule has 0 aromatic carbocycles. The topological polar surface area (TPSA) is 46.5 Å². The summed E-state index contributed by atoms with van der Waals surface area (Å²) in [6.07, 6.45) is 19.7. The van der Waals surface area contributed by atoms with Crippen LogP contribution in [0.2, 0.25) is 0 Å². The van der Waals surface area contributed by atoms with Crippen LogP contribution in [0.1, 0.15) is 90.4 Å². The number of hydrogen-bond donors (Lipinski definition) is 1. The van der Waals surface area contributed by atoms with Crippen molar-refractivity contribution in [2.45, 2.75) is 96.5 Å². The molecule has 22 heavy (non-hydrogen) atoms. The Labute approximate surface area is 137 Å². The number of allylic oxidation sites excluding steroid dienone is 2.